The second kappa shape index (κ2) is 7.42. The number of nitrogens with zero attached hydrogens (tertiary/aromatic N) is 2. The largest absolute Gasteiger partial charge is 0.495 e. The van der Waals surface area contributed by atoms with Gasteiger partial charge in [0.2, 0.25) is 0 Å². The molecule has 2 rings (SSSR count). The van der Waals surface area contributed by atoms with Crippen molar-refractivity contribution < 1.29 is 4.74 Å². The molecule has 1 aromatic heterocycles. The summed E-state index contributed by atoms with van der Waals surface area (Å²) in [5.74, 6) is 0.751. The van der Waals surface area contributed by atoms with E-state index in [1.165, 1.54) is 0 Å². The zero-order valence-corrected chi connectivity index (χ0v) is 14.3. The first-order valence-corrected chi connectivity index (χ1v) is 7.73. The van der Waals surface area contributed by atoms with Gasteiger partial charge in [-0.1, -0.05) is 12.1 Å². The Morgan fingerprint density at radius 1 is 1.43 bits per heavy atom. The quantitative estimate of drug-likeness (QED) is 0.793. The van der Waals surface area contributed by atoms with Gasteiger partial charge in [0, 0.05) is 6.54 Å². The molecule has 1 heterocycles. The molecule has 0 aliphatic heterocycles. The van der Waals surface area contributed by atoms with E-state index >= 15 is 0 Å². The number of aromatic nitrogens is 2. The maximum Gasteiger partial charge on any atom is 0.171 e. The van der Waals surface area contributed by atoms with Crippen molar-refractivity contribution in [1.82, 2.24) is 15.1 Å². The third-order valence-corrected chi connectivity index (χ3v) is 3.88. The zero-order chi connectivity index (χ0) is 15.2. The van der Waals surface area contributed by atoms with Crippen molar-refractivity contribution in [3.05, 3.63) is 40.6 Å². The first kappa shape index (κ1) is 15.8. The van der Waals surface area contributed by atoms with Crippen LogP contribution in [0.25, 0.3) is 0 Å². The topological polar surface area (TPSA) is 51.1 Å². The molecule has 0 saturated carbocycles. The molecule has 0 fully saturated rings. The number of thiocarbonyl (C=S) groups is 1. The highest BCUT2D eigenvalue weighted by atomic mass is 79.9. The SMILES string of the molecule is CCn1ncc(Br)c1CNC(=S)Nc1ccccc1OC. The number of benzene rings is 1. The molecule has 0 saturated heterocycles. The van der Waals surface area contributed by atoms with Gasteiger partial charge in [-0.05, 0) is 47.2 Å². The van der Waals surface area contributed by atoms with Crippen LogP contribution in [-0.4, -0.2) is 22.0 Å². The number of halogens is 1. The van der Waals surface area contributed by atoms with Crippen LogP contribution in [0.2, 0.25) is 0 Å². The van der Waals surface area contributed by atoms with Crippen LogP contribution in [0.15, 0.2) is 34.9 Å². The third-order valence-electron chi connectivity index (χ3n) is 2.97. The fourth-order valence-corrected chi connectivity index (χ4v) is 2.53. The van der Waals surface area contributed by atoms with E-state index in [-0.39, 0.29) is 0 Å². The molecule has 0 aliphatic rings. The van der Waals surface area contributed by atoms with Crippen molar-refractivity contribution >= 4 is 38.9 Å². The van der Waals surface area contributed by atoms with E-state index < -0.39 is 0 Å². The summed E-state index contributed by atoms with van der Waals surface area (Å²) in [6.07, 6.45) is 1.79. The van der Waals surface area contributed by atoms with Crippen LogP contribution in [0.5, 0.6) is 5.75 Å². The molecular weight excluding hydrogens is 352 g/mol. The van der Waals surface area contributed by atoms with Gasteiger partial charge in [-0.15, -0.1) is 0 Å². The smallest absolute Gasteiger partial charge is 0.171 e. The van der Waals surface area contributed by atoms with Gasteiger partial charge in [0.1, 0.15) is 5.75 Å². The molecule has 21 heavy (non-hydrogen) atoms. The lowest BCUT2D eigenvalue weighted by Crippen LogP contribution is -2.29. The molecule has 0 aliphatic carbocycles. The van der Waals surface area contributed by atoms with Crippen LogP contribution in [-0.2, 0) is 13.1 Å². The third kappa shape index (κ3) is 3.95. The van der Waals surface area contributed by atoms with E-state index in [0.717, 1.165) is 28.1 Å². The predicted molar refractivity (Wildman–Crippen MR) is 91.7 cm³/mol. The minimum atomic E-state index is 0.537. The Morgan fingerprint density at radius 3 is 2.90 bits per heavy atom. The zero-order valence-electron chi connectivity index (χ0n) is 11.9. The second-order valence-electron chi connectivity index (χ2n) is 4.26. The highest BCUT2D eigenvalue weighted by Gasteiger charge is 2.09. The molecule has 0 amide bonds. The molecule has 5 nitrogen and oxygen atoms in total. The van der Waals surface area contributed by atoms with Crippen molar-refractivity contribution in [3.63, 3.8) is 0 Å². The monoisotopic (exact) mass is 368 g/mol. The van der Waals surface area contributed by atoms with Crippen LogP contribution in [0, 0.1) is 0 Å². The van der Waals surface area contributed by atoms with E-state index in [1.54, 1.807) is 13.3 Å². The summed E-state index contributed by atoms with van der Waals surface area (Å²) in [6.45, 7) is 3.46. The normalized spacial score (nSPS) is 10.2. The van der Waals surface area contributed by atoms with Gasteiger partial charge in [0.05, 0.1) is 35.7 Å². The number of anilines is 1. The Kier molecular flexibility index (Phi) is 5.58. The molecule has 0 bridgehead atoms. The van der Waals surface area contributed by atoms with Gasteiger partial charge < -0.3 is 15.4 Å². The van der Waals surface area contributed by atoms with E-state index in [2.05, 4.69) is 31.7 Å². The fraction of sp³-hybridized carbons (Fsp3) is 0.286. The first-order chi connectivity index (χ1) is 10.2. The molecule has 7 heteroatoms. The van der Waals surface area contributed by atoms with Gasteiger partial charge in [0.25, 0.3) is 0 Å². The average Bonchev–Trinajstić information content (AvgIpc) is 2.86. The number of ether oxygens (including phenoxy) is 1. The van der Waals surface area contributed by atoms with Crippen molar-refractivity contribution in [2.75, 3.05) is 12.4 Å². The summed E-state index contributed by atoms with van der Waals surface area (Å²) in [6, 6.07) is 7.64. The molecule has 2 aromatic rings. The maximum absolute atomic E-state index is 5.32. The van der Waals surface area contributed by atoms with Crippen molar-refractivity contribution in [2.24, 2.45) is 0 Å². The summed E-state index contributed by atoms with van der Waals surface area (Å²) < 4.78 is 8.17. The highest BCUT2D eigenvalue weighted by molar-refractivity contribution is 9.10. The maximum atomic E-state index is 5.32. The summed E-state index contributed by atoms with van der Waals surface area (Å²) in [7, 11) is 1.63. The number of nitrogens with one attached hydrogen (secondary N) is 2. The van der Waals surface area contributed by atoms with Crippen molar-refractivity contribution in [3.8, 4) is 5.75 Å². The van der Waals surface area contributed by atoms with Gasteiger partial charge >= 0.3 is 0 Å². The molecule has 0 unspecified atom stereocenters. The molecule has 1 aromatic carbocycles. The minimum Gasteiger partial charge on any atom is -0.495 e. The Balaban J connectivity index is 1.97. The number of rotatable bonds is 5. The minimum absolute atomic E-state index is 0.537. The van der Waals surface area contributed by atoms with E-state index in [4.69, 9.17) is 17.0 Å². The van der Waals surface area contributed by atoms with Crippen LogP contribution in [0.1, 0.15) is 12.6 Å². The number of aryl methyl sites for hydroxylation is 1. The van der Waals surface area contributed by atoms with Crippen LogP contribution in [0.4, 0.5) is 5.69 Å². The molecule has 0 radical (unpaired) electrons. The lowest BCUT2D eigenvalue weighted by atomic mass is 10.3. The summed E-state index contributed by atoms with van der Waals surface area (Å²) in [5.41, 5.74) is 1.89. The van der Waals surface area contributed by atoms with Crippen LogP contribution in [0.3, 0.4) is 0 Å². The number of methoxy groups -OCH3 is 1. The van der Waals surface area contributed by atoms with Crippen molar-refractivity contribution in [1.29, 1.82) is 0 Å². The molecule has 2 N–H and O–H groups in total. The summed E-state index contributed by atoms with van der Waals surface area (Å²) in [4.78, 5) is 0. The van der Waals surface area contributed by atoms with Crippen LogP contribution >= 0.6 is 28.1 Å². The van der Waals surface area contributed by atoms with E-state index in [0.29, 0.717) is 11.7 Å². The molecule has 0 atom stereocenters. The molecule has 112 valence electrons. The van der Waals surface area contributed by atoms with Gasteiger partial charge in [-0.25, -0.2) is 0 Å². The van der Waals surface area contributed by atoms with E-state index in [9.17, 15) is 0 Å². The summed E-state index contributed by atoms with van der Waals surface area (Å²) in [5, 5.41) is 11.1. The Bertz CT molecular complexity index is 629. The average molecular weight is 369 g/mol. The Hall–Kier alpha value is -1.60. The molecular formula is C14H17BrN4OS. The number of hydrogen-bond donors (Lipinski definition) is 2. The summed E-state index contributed by atoms with van der Waals surface area (Å²) >= 11 is 8.81. The van der Waals surface area contributed by atoms with E-state index in [1.807, 2.05) is 35.9 Å². The first-order valence-electron chi connectivity index (χ1n) is 6.53. The number of hydrogen-bond acceptors (Lipinski definition) is 3. The lowest BCUT2D eigenvalue weighted by Gasteiger charge is -2.14. The van der Waals surface area contributed by atoms with Gasteiger partial charge in [0.15, 0.2) is 5.11 Å². The molecule has 0 spiro atoms. The lowest BCUT2D eigenvalue weighted by molar-refractivity contribution is 0.417. The van der Waals surface area contributed by atoms with Gasteiger partial charge in [-0.3, -0.25) is 4.68 Å². The Labute approximate surface area is 137 Å². The Morgan fingerprint density at radius 2 is 2.19 bits per heavy atom. The standard InChI is InChI=1S/C14H17BrN4OS/c1-3-19-12(10(15)8-17-19)9-16-14(21)18-11-6-4-5-7-13(11)20-2/h4-8H,3,9H2,1-2H3,(H2,16,18,21). The van der Waals surface area contributed by atoms with Gasteiger partial charge in [-0.2, -0.15) is 5.10 Å². The van der Waals surface area contributed by atoms with Crippen LogP contribution < -0.4 is 15.4 Å². The fourth-order valence-electron chi connectivity index (χ4n) is 1.91. The van der Waals surface area contributed by atoms with Crippen molar-refractivity contribution in [2.45, 2.75) is 20.0 Å². The number of para-hydroxylation sites is 2. The highest BCUT2D eigenvalue weighted by Crippen LogP contribution is 2.23. The second-order valence-corrected chi connectivity index (χ2v) is 5.53. The predicted octanol–water partition coefficient (Wildman–Crippen LogP) is 3.16.